The normalized spacial score (nSPS) is 18.5. The first-order chi connectivity index (χ1) is 7.15. The molecule has 0 bridgehead atoms. The van der Waals surface area contributed by atoms with Crippen LogP contribution in [0.15, 0.2) is 12.3 Å². The Balaban J connectivity index is 2.07. The van der Waals surface area contributed by atoms with Gasteiger partial charge in [-0.1, -0.05) is 6.42 Å². The zero-order valence-electron chi connectivity index (χ0n) is 8.30. The van der Waals surface area contributed by atoms with Crippen molar-refractivity contribution in [2.45, 2.75) is 25.8 Å². The van der Waals surface area contributed by atoms with E-state index >= 15 is 0 Å². The first-order valence-corrected chi connectivity index (χ1v) is 5.57. The van der Waals surface area contributed by atoms with E-state index in [1.807, 2.05) is 0 Å². The van der Waals surface area contributed by atoms with Gasteiger partial charge in [0, 0.05) is 5.41 Å². The van der Waals surface area contributed by atoms with Crippen molar-refractivity contribution in [3.8, 4) is 0 Å². The molecule has 1 saturated carbocycles. The van der Waals surface area contributed by atoms with Crippen LogP contribution in [0.3, 0.4) is 0 Å². The predicted molar refractivity (Wildman–Crippen MR) is 59.0 cm³/mol. The molecule has 0 radical (unpaired) electrons. The molecule has 0 saturated heterocycles. The first kappa shape index (κ1) is 10.5. The molecule has 82 valence electrons. The van der Waals surface area contributed by atoms with Crippen molar-refractivity contribution in [1.82, 2.24) is 9.78 Å². The van der Waals surface area contributed by atoms with E-state index in [2.05, 4.69) is 17.7 Å². The van der Waals surface area contributed by atoms with Crippen molar-refractivity contribution in [1.29, 1.82) is 0 Å². The summed E-state index contributed by atoms with van der Waals surface area (Å²) in [5, 5.41) is 14.4. The van der Waals surface area contributed by atoms with Crippen LogP contribution < -0.4 is 0 Å². The van der Waals surface area contributed by atoms with E-state index in [0.29, 0.717) is 0 Å². The average molecular weight is 227 g/mol. The maximum Gasteiger partial charge on any atom is 0.389 e. The van der Waals surface area contributed by atoms with Gasteiger partial charge in [-0.2, -0.15) is 17.3 Å². The van der Waals surface area contributed by atoms with Crippen LogP contribution in [0, 0.1) is 15.5 Å². The summed E-state index contributed by atoms with van der Waals surface area (Å²) in [6.07, 6.45) is 5.18. The maximum atomic E-state index is 10.4. The molecule has 6 heteroatoms. The summed E-state index contributed by atoms with van der Waals surface area (Å²) >= 11 is 4.34. The van der Waals surface area contributed by atoms with E-state index in [-0.39, 0.29) is 11.2 Å². The van der Waals surface area contributed by atoms with E-state index in [9.17, 15) is 10.1 Å². The van der Waals surface area contributed by atoms with Crippen LogP contribution in [0.5, 0.6) is 0 Å². The lowest BCUT2D eigenvalue weighted by Gasteiger charge is -2.39. The number of hydrogen-bond acceptors (Lipinski definition) is 4. The molecule has 0 unspecified atom stereocenters. The van der Waals surface area contributed by atoms with Crippen LogP contribution in [0.2, 0.25) is 0 Å². The lowest BCUT2D eigenvalue weighted by Crippen LogP contribution is -2.36. The molecule has 0 atom stereocenters. The highest BCUT2D eigenvalue weighted by Gasteiger charge is 2.37. The van der Waals surface area contributed by atoms with Crippen molar-refractivity contribution in [2.24, 2.45) is 5.41 Å². The minimum Gasteiger partial charge on any atom is -0.358 e. The Bertz CT molecular complexity index is 368. The molecule has 1 aliphatic rings. The van der Waals surface area contributed by atoms with Gasteiger partial charge in [0.2, 0.25) is 0 Å². The molecule has 1 aromatic heterocycles. The number of nitrogens with zero attached hydrogens (tertiary/aromatic N) is 3. The Morgan fingerprint density at radius 3 is 2.80 bits per heavy atom. The van der Waals surface area contributed by atoms with Crippen LogP contribution in [0.25, 0.3) is 0 Å². The first-order valence-electron chi connectivity index (χ1n) is 4.94. The average Bonchev–Trinajstić information content (AvgIpc) is 2.59. The fraction of sp³-hybridized carbons (Fsp3) is 0.667. The molecule has 5 nitrogen and oxygen atoms in total. The smallest absolute Gasteiger partial charge is 0.358 e. The molecule has 0 aromatic carbocycles. The number of rotatable bonds is 4. The third-order valence-corrected chi connectivity index (χ3v) is 3.73. The minimum absolute atomic E-state index is 0.0800. The maximum absolute atomic E-state index is 10.4. The van der Waals surface area contributed by atoms with Gasteiger partial charge in [-0.25, -0.2) is 0 Å². The third-order valence-electron chi connectivity index (χ3n) is 3.06. The van der Waals surface area contributed by atoms with Gasteiger partial charge in [-0.15, -0.1) is 0 Å². The monoisotopic (exact) mass is 227 g/mol. The highest BCUT2D eigenvalue weighted by Crippen LogP contribution is 2.43. The number of aromatic nitrogens is 2. The highest BCUT2D eigenvalue weighted by molar-refractivity contribution is 7.80. The lowest BCUT2D eigenvalue weighted by molar-refractivity contribution is -0.389. The largest absolute Gasteiger partial charge is 0.389 e. The number of hydrogen-bond donors (Lipinski definition) is 1. The van der Waals surface area contributed by atoms with Gasteiger partial charge in [0.1, 0.15) is 0 Å². The van der Waals surface area contributed by atoms with Crippen LogP contribution in [-0.4, -0.2) is 20.5 Å². The standard InChI is InChI=1S/C9H13N3O2S/c13-12(14)8-2-5-11(10-8)6-9(7-15)3-1-4-9/h2,5,15H,1,3-4,6-7H2. The topological polar surface area (TPSA) is 61.0 Å². The quantitative estimate of drug-likeness (QED) is 0.485. The summed E-state index contributed by atoms with van der Waals surface area (Å²) in [6.45, 7) is 0.740. The Hall–Kier alpha value is -1.04. The van der Waals surface area contributed by atoms with Crippen molar-refractivity contribution >= 4 is 18.4 Å². The SMILES string of the molecule is O=[N+]([O-])c1ccn(CC2(CS)CCC2)n1. The molecular weight excluding hydrogens is 214 g/mol. The third kappa shape index (κ3) is 1.99. The molecule has 1 heterocycles. The fourth-order valence-electron chi connectivity index (χ4n) is 1.92. The van der Waals surface area contributed by atoms with Crippen LogP contribution in [0.1, 0.15) is 19.3 Å². The van der Waals surface area contributed by atoms with Crippen LogP contribution in [0.4, 0.5) is 5.82 Å². The van der Waals surface area contributed by atoms with Crippen molar-refractivity contribution in [3.05, 3.63) is 22.4 Å². The number of nitro groups is 1. The van der Waals surface area contributed by atoms with Crippen LogP contribution >= 0.6 is 12.6 Å². The second-order valence-electron chi connectivity index (χ2n) is 4.14. The molecule has 1 aromatic rings. The summed E-state index contributed by atoms with van der Waals surface area (Å²) in [7, 11) is 0. The van der Waals surface area contributed by atoms with Gasteiger partial charge in [-0.05, 0) is 23.5 Å². The summed E-state index contributed by atoms with van der Waals surface area (Å²) in [4.78, 5) is 9.98. The fourth-order valence-corrected chi connectivity index (χ4v) is 2.34. The summed E-state index contributed by atoms with van der Waals surface area (Å²) in [5.74, 6) is 0.740. The molecule has 1 aliphatic carbocycles. The molecule has 0 amide bonds. The summed E-state index contributed by atoms with van der Waals surface area (Å²) in [6, 6.07) is 1.44. The second-order valence-corrected chi connectivity index (χ2v) is 4.46. The molecule has 0 spiro atoms. The van der Waals surface area contributed by atoms with E-state index in [0.717, 1.165) is 25.1 Å². The van der Waals surface area contributed by atoms with E-state index < -0.39 is 4.92 Å². The van der Waals surface area contributed by atoms with Gasteiger partial charge in [0.05, 0.1) is 23.9 Å². The molecule has 15 heavy (non-hydrogen) atoms. The number of thiol groups is 1. The molecular formula is C9H13N3O2S. The van der Waals surface area contributed by atoms with Crippen molar-refractivity contribution in [3.63, 3.8) is 0 Å². The van der Waals surface area contributed by atoms with Gasteiger partial charge in [0.15, 0.2) is 0 Å². The Morgan fingerprint density at radius 1 is 1.67 bits per heavy atom. The molecule has 0 aliphatic heterocycles. The molecule has 0 N–H and O–H groups in total. The second kappa shape index (κ2) is 3.84. The minimum atomic E-state index is -0.468. The van der Waals surface area contributed by atoms with Crippen LogP contribution in [-0.2, 0) is 6.54 Å². The lowest BCUT2D eigenvalue weighted by atomic mass is 9.70. The van der Waals surface area contributed by atoms with E-state index in [1.165, 1.54) is 12.5 Å². The van der Waals surface area contributed by atoms with Gasteiger partial charge >= 0.3 is 5.82 Å². The molecule has 1 fully saturated rings. The van der Waals surface area contributed by atoms with Gasteiger partial charge < -0.3 is 10.1 Å². The summed E-state index contributed by atoms with van der Waals surface area (Å²) in [5.41, 5.74) is 0.211. The van der Waals surface area contributed by atoms with E-state index in [4.69, 9.17) is 0 Å². The highest BCUT2D eigenvalue weighted by atomic mass is 32.1. The zero-order valence-corrected chi connectivity index (χ0v) is 9.19. The van der Waals surface area contributed by atoms with Gasteiger partial charge in [-0.3, -0.25) is 0 Å². The van der Waals surface area contributed by atoms with E-state index in [1.54, 1.807) is 10.9 Å². The van der Waals surface area contributed by atoms with Crippen molar-refractivity contribution < 1.29 is 4.92 Å². The molecule has 2 rings (SSSR count). The Kier molecular flexibility index (Phi) is 2.68. The summed E-state index contributed by atoms with van der Waals surface area (Å²) < 4.78 is 1.66. The van der Waals surface area contributed by atoms with Crippen molar-refractivity contribution in [2.75, 3.05) is 5.75 Å². The van der Waals surface area contributed by atoms with Gasteiger partial charge in [0.25, 0.3) is 0 Å². The Morgan fingerprint density at radius 2 is 2.40 bits per heavy atom. The Labute approximate surface area is 93.0 Å². The zero-order chi connectivity index (χ0) is 10.9. The predicted octanol–water partition coefficient (Wildman–Crippen LogP) is 1.89.